The first-order valence-corrected chi connectivity index (χ1v) is 8.97. The molecule has 0 unspecified atom stereocenters. The maximum absolute atomic E-state index is 12.4. The summed E-state index contributed by atoms with van der Waals surface area (Å²) in [5.74, 6) is 0.664. The van der Waals surface area contributed by atoms with Gasteiger partial charge in [0.25, 0.3) is 5.91 Å². The molecule has 0 aliphatic heterocycles. The van der Waals surface area contributed by atoms with E-state index in [4.69, 9.17) is 15.2 Å². The number of carbonyl (C=O) groups excluding carboxylic acids is 1. The molecule has 0 spiro atoms. The monoisotopic (exact) mass is 356 g/mol. The summed E-state index contributed by atoms with van der Waals surface area (Å²) in [5, 5.41) is 2.93. The second-order valence-corrected chi connectivity index (χ2v) is 6.17. The molecule has 1 aromatic carbocycles. The highest BCUT2D eigenvalue weighted by Crippen LogP contribution is 2.19. The van der Waals surface area contributed by atoms with Crippen LogP contribution in [-0.2, 0) is 16.1 Å². The number of hydrogen-bond donors (Lipinski definition) is 2. The number of amides is 1. The van der Waals surface area contributed by atoms with Crippen molar-refractivity contribution >= 4 is 5.91 Å². The first-order chi connectivity index (χ1) is 12.6. The molecule has 2 rings (SSSR count). The van der Waals surface area contributed by atoms with Gasteiger partial charge in [-0.1, -0.05) is 36.8 Å². The van der Waals surface area contributed by atoms with Crippen molar-refractivity contribution in [1.29, 1.82) is 0 Å². The number of allylic oxidation sites excluding steroid dienone is 3. The Kier molecular flexibility index (Phi) is 7.96. The van der Waals surface area contributed by atoms with E-state index >= 15 is 0 Å². The standard InChI is InChI=1S/C21H28N2O3/c1-3-16-6-4-7-19(20(22)14-16)21(24)23-15-17-8-10-18(11-9-17)26-13-5-12-25-2/h4,6-11H,3,5,12-15,22H2,1-2H3,(H,23,24). The van der Waals surface area contributed by atoms with E-state index in [9.17, 15) is 4.79 Å². The molecule has 1 aromatic rings. The molecule has 5 nitrogen and oxygen atoms in total. The second-order valence-electron chi connectivity index (χ2n) is 6.17. The van der Waals surface area contributed by atoms with Crippen LogP contribution in [0.4, 0.5) is 0 Å². The van der Waals surface area contributed by atoms with E-state index in [1.165, 1.54) is 5.57 Å². The number of benzene rings is 1. The first kappa shape index (κ1) is 19.8. The minimum atomic E-state index is -0.149. The van der Waals surface area contributed by atoms with Crippen LogP contribution in [0.5, 0.6) is 5.75 Å². The van der Waals surface area contributed by atoms with Crippen LogP contribution in [0.3, 0.4) is 0 Å². The molecule has 26 heavy (non-hydrogen) atoms. The molecule has 0 saturated heterocycles. The Morgan fingerprint density at radius 3 is 2.69 bits per heavy atom. The molecule has 0 bridgehead atoms. The lowest BCUT2D eigenvalue weighted by molar-refractivity contribution is -0.117. The number of hydrogen-bond acceptors (Lipinski definition) is 4. The third-order valence-electron chi connectivity index (χ3n) is 4.19. The number of methoxy groups -OCH3 is 1. The summed E-state index contributed by atoms with van der Waals surface area (Å²) in [5.41, 5.74) is 9.49. The smallest absolute Gasteiger partial charge is 0.253 e. The van der Waals surface area contributed by atoms with E-state index in [-0.39, 0.29) is 5.91 Å². The number of nitrogens with two attached hydrogens (primary N) is 1. The van der Waals surface area contributed by atoms with Crippen LogP contribution in [0.2, 0.25) is 0 Å². The molecule has 3 N–H and O–H groups in total. The summed E-state index contributed by atoms with van der Waals surface area (Å²) in [7, 11) is 1.68. The van der Waals surface area contributed by atoms with E-state index in [2.05, 4.69) is 12.2 Å². The Labute approximate surface area is 155 Å². The van der Waals surface area contributed by atoms with Gasteiger partial charge in [0.15, 0.2) is 0 Å². The highest BCUT2D eigenvalue weighted by molar-refractivity contribution is 5.97. The van der Waals surface area contributed by atoms with Gasteiger partial charge >= 0.3 is 0 Å². The summed E-state index contributed by atoms with van der Waals surface area (Å²) >= 11 is 0. The van der Waals surface area contributed by atoms with Crippen LogP contribution in [0.15, 0.2) is 59.3 Å². The van der Waals surface area contributed by atoms with E-state index < -0.39 is 0 Å². The molecule has 1 amide bonds. The molecule has 1 aliphatic rings. The molecule has 0 radical (unpaired) electrons. The van der Waals surface area contributed by atoms with Gasteiger partial charge in [-0.05, 0) is 30.2 Å². The van der Waals surface area contributed by atoms with Gasteiger partial charge in [0.05, 0.1) is 12.2 Å². The van der Waals surface area contributed by atoms with E-state index in [1.807, 2.05) is 36.4 Å². The Balaban J connectivity index is 1.85. The van der Waals surface area contributed by atoms with E-state index in [0.29, 0.717) is 37.4 Å². The molecule has 0 fully saturated rings. The van der Waals surface area contributed by atoms with Gasteiger partial charge in [0, 0.05) is 38.8 Å². The lowest BCUT2D eigenvalue weighted by Gasteiger charge is -2.10. The summed E-state index contributed by atoms with van der Waals surface area (Å²) in [4.78, 5) is 12.4. The van der Waals surface area contributed by atoms with Crippen molar-refractivity contribution in [3.63, 3.8) is 0 Å². The van der Waals surface area contributed by atoms with Crippen LogP contribution in [-0.4, -0.2) is 26.2 Å². The summed E-state index contributed by atoms with van der Waals surface area (Å²) in [6.07, 6.45) is 8.13. The molecule has 0 heterocycles. The highest BCUT2D eigenvalue weighted by atomic mass is 16.5. The maximum Gasteiger partial charge on any atom is 0.253 e. The average Bonchev–Trinajstić information content (AvgIpc) is 2.85. The van der Waals surface area contributed by atoms with Gasteiger partial charge < -0.3 is 20.5 Å². The number of nitrogens with one attached hydrogen (secondary N) is 1. The zero-order valence-corrected chi connectivity index (χ0v) is 15.6. The van der Waals surface area contributed by atoms with Crippen LogP contribution in [0.1, 0.15) is 31.7 Å². The molecule has 140 valence electrons. The Morgan fingerprint density at radius 2 is 2.00 bits per heavy atom. The van der Waals surface area contributed by atoms with Crippen molar-refractivity contribution in [1.82, 2.24) is 5.32 Å². The van der Waals surface area contributed by atoms with Gasteiger partial charge in [-0.15, -0.1) is 0 Å². The molecule has 5 heteroatoms. The number of ether oxygens (including phenoxy) is 2. The van der Waals surface area contributed by atoms with Crippen molar-refractivity contribution in [2.75, 3.05) is 20.3 Å². The fourth-order valence-electron chi connectivity index (χ4n) is 2.62. The van der Waals surface area contributed by atoms with E-state index in [1.54, 1.807) is 13.2 Å². The summed E-state index contributed by atoms with van der Waals surface area (Å²) in [6.45, 7) is 3.84. The van der Waals surface area contributed by atoms with Crippen molar-refractivity contribution in [2.45, 2.75) is 32.7 Å². The Morgan fingerprint density at radius 1 is 1.23 bits per heavy atom. The third-order valence-corrected chi connectivity index (χ3v) is 4.19. The average molecular weight is 356 g/mol. The topological polar surface area (TPSA) is 73.6 Å². The van der Waals surface area contributed by atoms with Crippen molar-refractivity contribution in [2.24, 2.45) is 5.73 Å². The zero-order chi connectivity index (χ0) is 18.8. The van der Waals surface area contributed by atoms with Crippen LogP contribution < -0.4 is 15.8 Å². The molecule has 0 saturated carbocycles. The lowest BCUT2D eigenvalue weighted by atomic mass is 10.1. The maximum atomic E-state index is 12.4. The van der Waals surface area contributed by atoms with Gasteiger partial charge in [-0.3, -0.25) is 4.79 Å². The fraction of sp³-hybridized carbons (Fsp3) is 0.381. The van der Waals surface area contributed by atoms with Gasteiger partial charge in [0.2, 0.25) is 0 Å². The molecule has 0 aromatic heterocycles. The molecular formula is C21H28N2O3. The van der Waals surface area contributed by atoms with Crippen molar-refractivity contribution in [3.05, 3.63) is 64.9 Å². The van der Waals surface area contributed by atoms with Gasteiger partial charge in [-0.2, -0.15) is 0 Å². The summed E-state index contributed by atoms with van der Waals surface area (Å²) < 4.78 is 10.6. The van der Waals surface area contributed by atoms with Crippen LogP contribution >= 0.6 is 0 Å². The predicted molar refractivity (Wildman–Crippen MR) is 104 cm³/mol. The fourth-order valence-corrected chi connectivity index (χ4v) is 2.62. The first-order valence-electron chi connectivity index (χ1n) is 8.97. The normalized spacial score (nSPS) is 14.0. The zero-order valence-electron chi connectivity index (χ0n) is 15.6. The SMILES string of the molecule is CCC1=CC=CC(C(=O)NCc2ccc(OCCCOC)cc2)=C(N)C1. The highest BCUT2D eigenvalue weighted by Gasteiger charge is 2.13. The molecular weight excluding hydrogens is 328 g/mol. The second kappa shape index (κ2) is 10.5. The minimum Gasteiger partial charge on any atom is -0.494 e. The Hall–Kier alpha value is -2.53. The van der Waals surface area contributed by atoms with E-state index in [0.717, 1.165) is 24.2 Å². The van der Waals surface area contributed by atoms with Gasteiger partial charge in [-0.25, -0.2) is 0 Å². The summed E-state index contributed by atoms with van der Waals surface area (Å²) in [6, 6.07) is 7.71. The lowest BCUT2D eigenvalue weighted by Crippen LogP contribution is -2.26. The Bertz CT molecular complexity index is 688. The van der Waals surface area contributed by atoms with Crippen molar-refractivity contribution in [3.8, 4) is 5.75 Å². The molecule has 1 aliphatic carbocycles. The predicted octanol–water partition coefficient (Wildman–Crippen LogP) is 3.23. The van der Waals surface area contributed by atoms with Gasteiger partial charge in [0.1, 0.15) is 5.75 Å². The quantitative estimate of drug-likeness (QED) is 0.666. The van der Waals surface area contributed by atoms with Crippen LogP contribution in [0.25, 0.3) is 0 Å². The third kappa shape index (κ3) is 6.08. The largest absolute Gasteiger partial charge is 0.494 e. The van der Waals surface area contributed by atoms with Crippen molar-refractivity contribution < 1.29 is 14.3 Å². The molecule has 0 atom stereocenters. The number of rotatable bonds is 9. The minimum absolute atomic E-state index is 0.149. The van der Waals surface area contributed by atoms with Crippen LogP contribution in [0, 0.1) is 0 Å². The number of carbonyl (C=O) groups is 1.